The fourth-order valence-electron chi connectivity index (χ4n) is 1.84. The van der Waals surface area contributed by atoms with Crippen LogP contribution in [0, 0.1) is 0 Å². The van der Waals surface area contributed by atoms with Gasteiger partial charge in [0.05, 0.1) is 5.02 Å². The lowest BCUT2D eigenvalue weighted by Gasteiger charge is -2.16. The van der Waals surface area contributed by atoms with Gasteiger partial charge in [-0.15, -0.1) is 0 Å². The Labute approximate surface area is 116 Å². The number of amides is 2. The molecule has 1 aliphatic rings. The van der Waals surface area contributed by atoms with Gasteiger partial charge in [-0.2, -0.15) is 0 Å². The number of halogens is 1. The van der Waals surface area contributed by atoms with E-state index in [1.807, 2.05) is 4.72 Å². The number of carbonyl (C=O) groups is 1. The van der Waals surface area contributed by atoms with Crippen LogP contribution in [0.15, 0.2) is 29.2 Å². The quantitative estimate of drug-likeness (QED) is 0.883. The van der Waals surface area contributed by atoms with Gasteiger partial charge in [0.15, 0.2) is 0 Å². The Hall–Kier alpha value is -1.31. The van der Waals surface area contributed by atoms with Crippen molar-refractivity contribution < 1.29 is 13.2 Å². The molecule has 0 aliphatic carbocycles. The van der Waals surface area contributed by atoms with E-state index in [4.69, 9.17) is 11.6 Å². The molecule has 0 atom stereocenters. The largest absolute Gasteiger partial charge is 0.343 e. The zero-order valence-electron chi connectivity index (χ0n) is 10.1. The SMILES string of the molecule is O=C(NN1CCCC1)NS(=O)(=O)c1ccccc1Cl. The van der Waals surface area contributed by atoms with Gasteiger partial charge in [0.2, 0.25) is 0 Å². The fourth-order valence-corrected chi connectivity index (χ4v) is 3.26. The van der Waals surface area contributed by atoms with E-state index in [1.54, 1.807) is 17.1 Å². The molecule has 1 saturated heterocycles. The van der Waals surface area contributed by atoms with Crippen LogP contribution in [-0.4, -0.2) is 32.5 Å². The predicted octanol–water partition coefficient (Wildman–Crippen LogP) is 1.34. The molecule has 0 bridgehead atoms. The molecule has 1 heterocycles. The highest BCUT2D eigenvalue weighted by molar-refractivity contribution is 7.90. The number of urea groups is 1. The van der Waals surface area contributed by atoms with Gasteiger partial charge in [-0.25, -0.2) is 22.9 Å². The van der Waals surface area contributed by atoms with E-state index < -0.39 is 16.1 Å². The minimum atomic E-state index is -3.95. The molecule has 2 rings (SSSR count). The monoisotopic (exact) mass is 303 g/mol. The standard InChI is InChI=1S/C11H14ClN3O3S/c12-9-5-1-2-6-10(9)19(17,18)14-11(16)13-15-7-3-4-8-15/h1-2,5-6H,3-4,7-8H2,(H2,13,14,16). The number of sulfonamides is 1. The zero-order valence-corrected chi connectivity index (χ0v) is 11.7. The maximum Gasteiger partial charge on any atom is 0.343 e. The third kappa shape index (κ3) is 3.59. The van der Waals surface area contributed by atoms with Crippen LogP contribution in [0.5, 0.6) is 0 Å². The van der Waals surface area contributed by atoms with Crippen molar-refractivity contribution in [1.29, 1.82) is 0 Å². The van der Waals surface area contributed by atoms with Crippen molar-refractivity contribution in [1.82, 2.24) is 15.2 Å². The summed E-state index contributed by atoms with van der Waals surface area (Å²) in [5.41, 5.74) is 2.49. The van der Waals surface area contributed by atoms with Crippen LogP contribution >= 0.6 is 11.6 Å². The highest BCUT2D eigenvalue weighted by Gasteiger charge is 2.22. The van der Waals surface area contributed by atoms with Crippen molar-refractivity contribution in [2.24, 2.45) is 0 Å². The van der Waals surface area contributed by atoms with E-state index in [9.17, 15) is 13.2 Å². The maximum absolute atomic E-state index is 12.0. The highest BCUT2D eigenvalue weighted by atomic mass is 35.5. The molecular formula is C11H14ClN3O3S. The average molecular weight is 304 g/mol. The molecule has 0 radical (unpaired) electrons. The summed E-state index contributed by atoms with van der Waals surface area (Å²) in [5.74, 6) is 0. The summed E-state index contributed by atoms with van der Waals surface area (Å²) in [6.45, 7) is 1.44. The molecule has 19 heavy (non-hydrogen) atoms. The Morgan fingerprint density at radius 1 is 1.21 bits per heavy atom. The molecule has 0 unspecified atom stereocenters. The van der Waals surface area contributed by atoms with E-state index in [0.717, 1.165) is 25.9 Å². The normalized spacial score (nSPS) is 16.3. The van der Waals surface area contributed by atoms with Crippen LogP contribution in [0.1, 0.15) is 12.8 Å². The van der Waals surface area contributed by atoms with Crippen LogP contribution in [0.4, 0.5) is 4.79 Å². The van der Waals surface area contributed by atoms with Gasteiger partial charge < -0.3 is 0 Å². The van der Waals surface area contributed by atoms with Gasteiger partial charge in [-0.05, 0) is 25.0 Å². The van der Waals surface area contributed by atoms with E-state index in [2.05, 4.69) is 5.43 Å². The fraction of sp³-hybridized carbons (Fsp3) is 0.364. The minimum absolute atomic E-state index is 0.0731. The van der Waals surface area contributed by atoms with Crippen LogP contribution in [0.25, 0.3) is 0 Å². The Kier molecular flexibility index (Phi) is 4.28. The molecular weight excluding hydrogens is 290 g/mol. The second-order valence-corrected chi connectivity index (χ2v) is 6.23. The lowest BCUT2D eigenvalue weighted by atomic mass is 10.4. The Morgan fingerprint density at radius 2 is 1.84 bits per heavy atom. The Balaban J connectivity index is 2.05. The summed E-state index contributed by atoms with van der Waals surface area (Å²) in [6, 6.07) is 5.18. The highest BCUT2D eigenvalue weighted by Crippen LogP contribution is 2.19. The van der Waals surface area contributed by atoms with E-state index in [0.29, 0.717) is 0 Å². The first-order valence-electron chi connectivity index (χ1n) is 5.82. The molecule has 104 valence electrons. The van der Waals surface area contributed by atoms with Gasteiger partial charge >= 0.3 is 6.03 Å². The molecule has 0 spiro atoms. The summed E-state index contributed by atoms with van der Waals surface area (Å²) < 4.78 is 25.9. The summed E-state index contributed by atoms with van der Waals surface area (Å²) in [4.78, 5) is 11.5. The van der Waals surface area contributed by atoms with Crippen LogP contribution in [-0.2, 0) is 10.0 Å². The second kappa shape index (κ2) is 5.77. The molecule has 1 fully saturated rings. The number of carbonyl (C=O) groups excluding carboxylic acids is 1. The Morgan fingerprint density at radius 3 is 2.47 bits per heavy atom. The van der Waals surface area contributed by atoms with Gasteiger partial charge in [-0.3, -0.25) is 5.43 Å². The molecule has 0 saturated carbocycles. The summed E-state index contributed by atoms with van der Waals surface area (Å²) >= 11 is 5.80. The van der Waals surface area contributed by atoms with Gasteiger partial charge in [0.1, 0.15) is 4.90 Å². The predicted molar refractivity (Wildman–Crippen MR) is 71.1 cm³/mol. The van der Waals surface area contributed by atoms with E-state index in [-0.39, 0.29) is 9.92 Å². The number of hydrogen-bond donors (Lipinski definition) is 2. The molecule has 1 aromatic rings. The third-order valence-electron chi connectivity index (χ3n) is 2.72. The second-order valence-electron chi connectivity index (χ2n) is 4.17. The summed E-state index contributed by atoms with van der Waals surface area (Å²) in [5, 5.41) is 1.75. The number of hydrogen-bond acceptors (Lipinski definition) is 4. The zero-order chi connectivity index (χ0) is 13.9. The molecule has 0 aromatic heterocycles. The maximum atomic E-state index is 12.0. The molecule has 8 heteroatoms. The van der Waals surface area contributed by atoms with Crippen molar-refractivity contribution in [3.8, 4) is 0 Å². The summed E-state index contributed by atoms with van der Waals surface area (Å²) in [7, 11) is -3.95. The minimum Gasteiger partial charge on any atom is -0.270 e. The number of rotatable bonds is 3. The van der Waals surface area contributed by atoms with Crippen LogP contribution < -0.4 is 10.1 Å². The first kappa shape index (κ1) is 14.1. The average Bonchev–Trinajstić information content (AvgIpc) is 2.81. The lowest BCUT2D eigenvalue weighted by Crippen LogP contribution is -2.47. The van der Waals surface area contributed by atoms with Crippen molar-refractivity contribution in [3.05, 3.63) is 29.3 Å². The van der Waals surface area contributed by atoms with Crippen LogP contribution in [0.2, 0.25) is 5.02 Å². The summed E-state index contributed by atoms with van der Waals surface area (Å²) in [6.07, 6.45) is 1.97. The van der Waals surface area contributed by atoms with Crippen molar-refractivity contribution in [3.63, 3.8) is 0 Å². The van der Waals surface area contributed by atoms with Crippen LogP contribution in [0.3, 0.4) is 0 Å². The topological polar surface area (TPSA) is 78.5 Å². The molecule has 2 N–H and O–H groups in total. The van der Waals surface area contributed by atoms with E-state index >= 15 is 0 Å². The first-order valence-corrected chi connectivity index (χ1v) is 7.68. The third-order valence-corrected chi connectivity index (χ3v) is 4.55. The van der Waals surface area contributed by atoms with Gasteiger partial charge in [0.25, 0.3) is 10.0 Å². The molecule has 6 nitrogen and oxygen atoms in total. The van der Waals surface area contributed by atoms with E-state index in [1.165, 1.54) is 12.1 Å². The number of nitrogens with zero attached hydrogens (tertiary/aromatic N) is 1. The van der Waals surface area contributed by atoms with Gasteiger partial charge in [0, 0.05) is 13.1 Å². The number of benzene rings is 1. The molecule has 2 amide bonds. The van der Waals surface area contributed by atoms with Crippen molar-refractivity contribution in [2.75, 3.05) is 13.1 Å². The number of hydrazine groups is 1. The van der Waals surface area contributed by atoms with Gasteiger partial charge in [-0.1, -0.05) is 23.7 Å². The lowest BCUT2D eigenvalue weighted by molar-refractivity contribution is 0.202. The van der Waals surface area contributed by atoms with Crippen molar-refractivity contribution >= 4 is 27.7 Å². The molecule has 1 aromatic carbocycles. The number of nitrogens with one attached hydrogen (secondary N) is 2. The molecule has 1 aliphatic heterocycles. The smallest absolute Gasteiger partial charge is 0.270 e. The van der Waals surface area contributed by atoms with Crippen molar-refractivity contribution in [2.45, 2.75) is 17.7 Å². The first-order chi connectivity index (χ1) is 8.99. The Bertz CT molecular complexity index is 570.